The quantitative estimate of drug-likeness (QED) is 0.613. The molecule has 0 spiro atoms. The molecular formula is C6H5BrClNO. The first-order chi connectivity index (χ1) is 4.83. The zero-order valence-electron chi connectivity index (χ0n) is 4.97. The van der Waals surface area contributed by atoms with Crippen LogP contribution in [0.3, 0.4) is 0 Å². The molecule has 2 nitrogen and oxygen atoms in total. The molecule has 0 saturated heterocycles. The molecular weight excluding hydrogens is 217 g/mol. The van der Waals surface area contributed by atoms with E-state index in [9.17, 15) is 0 Å². The standard InChI is InChI=1S/C6H5BrClNO/c7-5-1-3-6(4-2-5)10-9-8/h1-4,9H. The van der Waals surface area contributed by atoms with E-state index in [4.69, 9.17) is 16.6 Å². The number of hydrogen-bond acceptors (Lipinski definition) is 2. The van der Waals surface area contributed by atoms with Crippen molar-refractivity contribution in [2.45, 2.75) is 0 Å². The fourth-order valence-electron chi connectivity index (χ4n) is 0.547. The molecule has 1 rings (SSSR count). The van der Waals surface area contributed by atoms with Gasteiger partial charge in [0.2, 0.25) is 0 Å². The Labute approximate surface area is 72.3 Å². The summed E-state index contributed by atoms with van der Waals surface area (Å²) < 4.78 is 1.01. The van der Waals surface area contributed by atoms with E-state index in [1.54, 1.807) is 12.1 Å². The lowest BCUT2D eigenvalue weighted by Crippen LogP contribution is -2.03. The normalized spacial score (nSPS) is 9.40. The Morgan fingerprint density at radius 1 is 1.30 bits per heavy atom. The number of rotatable bonds is 2. The summed E-state index contributed by atoms with van der Waals surface area (Å²) in [6.45, 7) is 0. The summed E-state index contributed by atoms with van der Waals surface area (Å²) in [5.74, 6) is 0.679. The van der Waals surface area contributed by atoms with Gasteiger partial charge < -0.3 is 4.84 Å². The van der Waals surface area contributed by atoms with Crippen LogP contribution in [0.2, 0.25) is 0 Å². The molecule has 0 radical (unpaired) electrons. The summed E-state index contributed by atoms with van der Waals surface area (Å²) in [4.78, 5) is 6.82. The molecule has 0 saturated carbocycles. The Kier molecular flexibility index (Phi) is 2.99. The van der Waals surface area contributed by atoms with Crippen molar-refractivity contribution in [2.24, 2.45) is 0 Å². The Balaban J connectivity index is 2.69. The lowest BCUT2D eigenvalue weighted by molar-refractivity contribution is 0.278. The summed E-state index contributed by atoms with van der Waals surface area (Å²) in [6.07, 6.45) is 0. The average Bonchev–Trinajstić information content (AvgIpc) is 1.95. The molecule has 1 aromatic carbocycles. The van der Waals surface area contributed by atoms with Crippen LogP contribution in [0.5, 0.6) is 5.75 Å². The number of nitrogens with one attached hydrogen (secondary N) is 1. The van der Waals surface area contributed by atoms with Crippen LogP contribution < -0.4 is 9.84 Å². The van der Waals surface area contributed by atoms with Gasteiger partial charge >= 0.3 is 0 Å². The van der Waals surface area contributed by atoms with E-state index in [1.807, 2.05) is 12.1 Å². The molecule has 1 N–H and O–H groups in total. The van der Waals surface area contributed by atoms with Gasteiger partial charge in [0, 0.05) is 16.2 Å². The van der Waals surface area contributed by atoms with Crippen LogP contribution in [0.4, 0.5) is 0 Å². The minimum Gasteiger partial charge on any atom is -0.393 e. The molecule has 0 bridgehead atoms. The molecule has 4 heteroatoms. The van der Waals surface area contributed by atoms with Crippen molar-refractivity contribution in [3.8, 4) is 5.75 Å². The van der Waals surface area contributed by atoms with Crippen molar-refractivity contribution in [3.63, 3.8) is 0 Å². The second-order valence-corrected chi connectivity index (χ2v) is 2.70. The average molecular weight is 222 g/mol. The highest BCUT2D eigenvalue weighted by Crippen LogP contribution is 2.15. The monoisotopic (exact) mass is 221 g/mol. The smallest absolute Gasteiger partial charge is 0.148 e. The molecule has 0 atom stereocenters. The molecule has 10 heavy (non-hydrogen) atoms. The van der Waals surface area contributed by atoms with Gasteiger partial charge in [0.25, 0.3) is 0 Å². The van der Waals surface area contributed by atoms with E-state index in [1.165, 1.54) is 0 Å². The van der Waals surface area contributed by atoms with Crippen LogP contribution in [0, 0.1) is 0 Å². The first-order valence-corrected chi connectivity index (χ1v) is 3.78. The molecule has 0 heterocycles. The van der Waals surface area contributed by atoms with Crippen LogP contribution in [0.25, 0.3) is 0 Å². The van der Waals surface area contributed by atoms with Crippen LogP contribution in [0.1, 0.15) is 0 Å². The molecule has 0 unspecified atom stereocenters. The SMILES string of the molecule is ClNOc1ccc(Br)cc1. The van der Waals surface area contributed by atoms with Gasteiger partial charge in [0.05, 0.1) is 0 Å². The van der Waals surface area contributed by atoms with E-state index < -0.39 is 0 Å². The molecule has 0 fully saturated rings. The Morgan fingerprint density at radius 2 is 1.90 bits per heavy atom. The van der Waals surface area contributed by atoms with Gasteiger partial charge in [-0.15, -0.1) is 0 Å². The van der Waals surface area contributed by atoms with Crippen molar-refractivity contribution >= 4 is 27.7 Å². The Morgan fingerprint density at radius 3 is 2.40 bits per heavy atom. The second-order valence-electron chi connectivity index (χ2n) is 1.63. The predicted octanol–water partition coefficient (Wildman–Crippen LogP) is 2.49. The maximum Gasteiger partial charge on any atom is 0.148 e. The predicted molar refractivity (Wildman–Crippen MR) is 43.8 cm³/mol. The summed E-state index contributed by atoms with van der Waals surface area (Å²) in [5, 5.41) is 0. The summed E-state index contributed by atoms with van der Waals surface area (Å²) in [5.41, 5.74) is 0. The van der Waals surface area contributed by atoms with Gasteiger partial charge in [-0.3, -0.25) is 0 Å². The van der Waals surface area contributed by atoms with Crippen molar-refractivity contribution < 1.29 is 4.84 Å². The zero-order valence-corrected chi connectivity index (χ0v) is 7.32. The minimum atomic E-state index is 0.679. The van der Waals surface area contributed by atoms with E-state index >= 15 is 0 Å². The Bertz CT molecular complexity index is 201. The Hall–Kier alpha value is -0.250. The van der Waals surface area contributed by atoms with Crippen LogP contribution in [-0.2, 0) is 0 Å². The molecule has 0 aromatic heterocycles. The van der Waals surface area contributed by atoms with E-state index in [2.05, 4.69) is 20.9 Å². The number of halogens is 2. The van der Waals surface area contributed by atoms with Gasteiger partial charge in [0.15, 0.2) is 0 Å². The minimum absolute atomic E-state index is 0.679. The topological polar surface area (TPSA) is 21.3 Å². The fourth-order valence-corrected chi connectivity index (χ4v) is 0.901. The maximum atomic E-state index is 5.09. The molecule has 1 aromatic rings. The number of benzene rings is 1. The summed E-state index contributed by atoms with van der Waals surface area (Å²) in [6, 6.07) is 7.31. The van der Waals surface area contributed by atoms with Crippen molar-refractivity contribution in [3.05, 3.63) is 28.7 Å². The highest BCUT2D eigenvalue weighted by atomic mass is 79.9. The van der Waals surface area contributed by atoms with Gasteiger partial charge in [0.1, 0.15) is 5.75 Å². The van der Waals surface area contributed by atoms with E-state index in [0.29, 0.717) is 5.75 Å². The largest absolute Gasteiger partial charge is 0.393 e. The third-order valence-electron chi connectivity index (χ3n) is 0.970. The van der Waals surface area contributed by atoms with Crippen LogP contribution in [0.15, 0.2) is 28.7 Å². The first-order valence-electron chi connectivity index (χ1n) is 2.61. The van der Waals surface area contributed by atoms with E-state index in [0.717, 1.165) is 4.47 Å². The van der Waals surface area contributed by atoms with Crippen LogP contribution in [-0.4, -0.2) is 0 Å². The molecule has 0 aliphatic heterocycles. The summed E-state index contributed by atoms with van der Waals surface area (Å²) >= 11 is 8.38. The maximum absolute atomic E-state index is 5.09. The van der Waals surface area contributed by atoms with Gasteiger partial charge in [-0.2, -0.15) is 0 Å². The highest BCUT2D eigenvalue weighted by molar-refractivity contribution is 9.10. The van der Waals surface area contributed by atoms with Gasteiger partial charge in [-0.05, 0) is 24.3 Å². The zero-order chi connectivity index (χ0) is 7.40. The number of hydrogen-bond donors (Lipinski definition) is 1. The third-order valence-corrected chi connectivity index (χ3v) is 1.58. The third kappa shape index (κ3) is 2.17. The summed E-state index contributed by atoms with van der Waals surface area (Å²) in [7, 11) is 0. The van der Waals surface area contributed by atoms with Crippen molar-refractivity contribution in [2.75, 3.05) is 0 Å². The fraction of sp³-hybridized carbons (Fsp3) is 0. The van der Waals surface area contributed by atoms with E-state index in [-0.39, 0.29) is 0 Å². The van der Waals surface area contributed by atoms with Gasteiger partial charge in [-0.25, -0.2) is 0 Å². The second kappa shape index (κ2) is 3.81. The van der Waals surface area contributed by atoms with Crippen molar-refractivity contribution in [1.29, 1.82) is 0 Å². The molecule has 0 aliphatic carbocycles. The molecule has 0 aliphatic rings. The van der Waals surface area contributed by atoms with Crippen molar-refractivity contribution in [1.82, 2.24) is 5.00 Å². The first kappa shape index (κ1) is 7.85. The molecule has 0 amide bonds. The lowest BCUT2D eigenvalue weighted by Gasteiger charge is -1.98. The molecule has 54 valence electrons. The van der Waals surface area contributed by atoms with Gasteiger partial charge in [-0.1, -0.05) is 20.9 Å². The van der Waals surface area contributed by atoms with Crippen LogP contribution >= 0.6 is 27.7 Å². The lowest BCUT2D eigenvalue weighted by atomic mass is 10.3. The highest BCUT2D eigenvalue weighted by Gasteiger charge is 1.90.